The molecule has 1 fully saturated rings. The third-order valence-corrected chi connectivity index (χ3v) is 4.74. The highest BCUT2D eigenvalue weighted by molar-refractivity contribution is 6.04. The molecule has 2 N–H and O–H groups in total. The highest BCUT2D eigenvalue weighted by Gasteiger charge is 2.38. The van der Waals surface area contributed by atoms with Crippen LogP contribution in [0, 0.1) is 0 Å². The standard InChI is InChI=1S/C21H22F3N3O2/c22-21(23,24)14-27-11-5-10-18(27)20(29)25-13-15-6-4-9-17(12-15)26-19(28)16-7-2-1-3-8-16/h1-4,6-9,12,18H,5,10-11,13-14H2,(H,25,29)(H,26,28). The number of hydrogen-bond acceptors (Lipinski definition) is 3. The van der Waals surface area contributed by atoms with Gasteiger partial charge in [0, 0.05) is 17.8 Å². The number of anilines is 1. The number of rotatable bonds is 6. The molecule has 1 atom stereocenters. The molecule has 2 aromatic rings. The van der Waals surface area contributed by atoms with Gasteiger partial charge in [-0.25, -0.2) is 0 Å². The number of benzene rings is 2. The second-order valence-electron chi connectivity index (χ2n) is 6.98. The third kappa shape index (κ3) is 6.05. The van der Waals surface area contributed by atoms with Gasteiger partial charge in [-0.3, -0.25) is 14.5 Å². The van der Waals surface area contributed by atoms with Crippen molar-refractivity contribution in [1.82, 2.24) is 10.2 Å². The van der Waals surface area contributed by atoms with Crippen LogP contribution in [0.2, 0.25) is 0 Å². The molecule has 1 aliphatic rings. The van der Waals surface area contributed by atoms with Gasteiger partial charge in [0.15, 0.2) is 0 Å². The maximum atomic E-state index is 12.7. The minimum absolute atomic E-state index is 0.171. The number of carbonyl (C=O) groups is 2. The SMILES string of the molecule is O=C(Nc1cccc(CNC(=O)C2CCCN2CC(F)(F)F)c1)c1ccccc1. The van der Waals surface area contributed by atoms with Crippen LogP contribution >= 0.6 is 0 Å². The molecule has 1 unspecified atom stereocenters. The quantitative estimate of drug-likeness (QED) is 0.772. The molecule has 154 valence electrons. The molecule has 1 aliphatic heterocycles. The Hall–Kier alpha value is -2.87. The topological polar surface area (TPSA) is 61.4 Å². The summed E-state index contributed by atoms with van der Waals surface area (Å²) in [6.45, 7) is -0.644. The van der Waals surface area contributed by atoms with Crippen LogP contribution < -0.4 is 10.6 Å². The number of halogens is 3. The zero-order chi connectivity index (χ0) is 20.9. The van der Waals surface area contributed by atoms with Crippen LogP contribution in [0.3, 0.4) is 0 Å². The van der Waals surface area contributed by atoms with Crippen LogP contribution in [0.15, 0.2) is 54.6 Å². The number of carbonyl (C=O) groups excluding carboxylic acids is 2. The van der Waals surface area contributed by atoms with Crippen molar-refractivity contribution < 1.29 is 22.8 Å². The van der Waals surface area contributed by atoms with Gasteiger partial charge in [0.05, 0.1) is 12.6 Å². The first-order chi connectivity index (χ1) is 13.8. The maximum absolute atomic E-state index is 12.7. The molecule has 0 saturated carbocycles. The second-order valence-corrected chi connectivity index (χ2v) is 6.98. The Morgan fingerprint density at radius 1 is 1.07 bits per heavy atom. The molecule has 5 nitrogen and oxygen atoms in total. The molecule has 0 radical (unpaired) electrons. The second kappa shape index (κ2) is 9.09. The Morgan fingerprint density at radius 2 is 1.83 bits per heavy atom. The highest BCUT2D eigenvalue weighted by atomic mass is 19.4. The largest absolute Gasteiger partial charge is 0.401 e. The third-order valence-electron chi connectivity index (χ3n) is 4.74. The van der Waals surface area contributed by atoms with E-state index in [1.54, 1.807) is 48.5 Å². The number of nitrogens with one attached hydrogen (secondary N) is 2. The van der Waals surface area contributed by atoms with Crippen LogP contribution in [0.4, 0.5) is 18.9 Å². The lowest BCUT2D eigenvalue weighted by atomic mass is 10.1. The summed E-state index contributed by atoms with van der Waals surface area (Å²) in [7, 11) is 0. The summed E-state index contributed by atoms with van der Waals surface area (Å²) in [6.07, 6.45) is -3.35. The van der Waals surface area contributed by atoms with E-state index in [4.69, 9.17) is 0 Å². The summed E-state index contributed by atoms with van der Waals surface area (Å²) in [5, 5.41) is 5.50. The molecule has 3 rings (SSSR count). The van der Waals surface area contributed by atoms with E-state index in [2.05, 4.69) is 10.6 Å². The maximum Gasteiger partial charge on any atom is 0.401 e. The van der Waals surface area contributed by atoms with E-state index in [9.17, 15) is 22.8 Å². The van der Waals surface area contributed by atoms with Gasteiger partial charge in [-0.05, 0) is 49.2 Å². The van der Waals surface area contributed by atoms with E-state index >= 15 is 0 Å². The summed E-state index contributed by atoms with van der Waals surface area (Å²) in [5.41, 5.74) is 1.84. The minimum atomic E-state index is -4.33. The molecular formula is C21H22F3N3O2. The van der Waals surface area contributed by atoms with Gasteiger partial charge in [0.25, 0.3) is 5.91 Å². The molecule has 2 aromatic carbocycles. The predicted octanol–water partition coefficient (Wildman–Crippen LogP) is 3.58. The van der Waals surface area contributed by atoms with Crippen molar-refractivity contribution in [3.8, 4) is 0 Å². The van der Waals surface area contributed by atoms with Gasteiger partial charge in [-0.1, -0.05) is 30.3 Å². The molecule has 2 amide bonds. The minimum Gasteiger partial charge on any atom is -0.351 e. The summed E-state index contributed by atoms with van der Waals surface area (Å²) >= 11 is 0. The van der Waals surface area contributed by atoms with Crippen molar-refractivity contribution in [2.24, 2.45) is 0 Å². The van der Waals surface area contributed by atoms with E-state index in [1.165, 1.54) is 4.90 Å². The number of amides is 2. The van der Waals surface area contributed by atoms with Crippen molar-refractivity contribution in [1.29, 1.82) is 0 Å². The molecule has 1 heterocycles. The Kier molecular flexibility index (Phi) is 6.53. The van der Waals surface area contributed by atoms with Crippen molar-refractivity contribution in [2.45, 2.75) is 31.6 Å². The molecule has 0 spiro atoms. The first kappa shape index (κ1) is 20.9. The first-order valence-electron chi connectivity index (χ1n) is 9.36. The molecular weight excluding hydrogens is 383 g/mol. The molecule has 1 saturated heterocycles. The van der Waals surface area contributed by atoms with Gasteiger partial charge < -0.3 is 10.6 Å². The van der Waals surface area contributed by atoms with E-state index in [1.807, 2.05) is 6.07 Å². The molecule has 0 bridgehead atoms. The summed E-state index contributed by atoms with van der Waals surface area (Å²) in [5.74, 6) is -0.661. The fourth-order valence-corrected chi connectivity index (χ4v) is 3.40. The van der Waals surface area contributed by atoms with E-state index in [-0.39, 0.29) is 19.0 Å². The van der Waals surface area contributed by atoms with Crippen molar-refractivity contribution in [3.05, 3.63) is 65.7 Å². The zero-order valence-corrected chi connectivity index (χ0v) is 15.7. The lowest BCUT2D eigenvalue weighted by Crippen LogP contribution is -2.46. The average Bonchev–Trinajstić information content (AvgIpc) is 3.13. The molecule has 0 aromatic heterocycles. The van der Waals surface area contributed by atoms with E-state index in [0.717, 1.165) is 5.56 Å². The van der Waals surface area contributed by atoms with Crippen molar-refractivity contribution >= 4 is 17.5 Å². The van der Waals surface area contributed by atoms with Crippen LogP contribution in [-0.4, -0.2) is 42.0 Å². The summed E-state index contributed by atoms with van der Waals surface area (Å²) in [6, 6.07) is 15.0. The molecule has 29 heavy (non-hydrogen) atoms. The summed E-state index contributed by atoms with van der Waals surface area (Å²) < 4.78 is 38.0. The van der Waals surface area contributed by atoms with E-state index < -0.39 is 24.7 Å². The summed E-state index contributed by atoms with van der Waals surface area (Å²) in [4.78, 5) is 25.8. The van der Waals surface area contributed by atoms with E-state index in [0.29, 0.717) is 24.1 Å². The van der Waals surface area contributed by atoms with Crippen molar-refractivity contribution in [3.63, 3.8) is 0 Å². The Balaban J connectivity index is 1.56. The smallest absolute Gasteiger partial charge is 0.351 e. The normalized spacial score (nSPS) is 17.1. The monoisotopic (exact) mass is 405 g/mol. The zero-order valence-electron chi connectivity index (χ0n) is 15.7. The lowest BCUT2D eigenvalue weighted by molar-refractivity contribution is -0.151. The van der Waals surface area contributed by atoms with Gasteiger partial charge in [-0.15, -0.1) is 0 Å². The van der Waals surface area contributed by atoms with Crippen molar-refractivity contribution in [2.75, 3.05) is 18.4 Å². The van der Waals surface area contributed by atoms with Crippen LogP contribution in [0.5, 0.6) is 0 Å². The van der Waals surface area contributed by atoms with Crippen LogP contribution in [0.25, 0.3) is 0 Å². The molecule has 0 aliphatic carbocycles. The average molecular weight is 405 g/mol. The van der Waals surface area contributed by atoms with Crippen LogP contribution in [-0.2, 0) is 11.3 Å². The van der Waals surface area contributed by atoms with Gasteiger partial charge in [-0.2, -0.15) is 13.2 Å². The Morgan fingerprint density at radius 3 is 2.55 bits per heavy atom. The van der Waals surface area contributed by atoms with Crippen LogP contribution in [0.1, 0.15) is 28.8 Å². The van der Waals surface area contributed by atoms with Gasteiger partial charge in [0.1, 0.15) is 0 Å². The Bertz CT molecular complexity index is 856. The number of hydrogen-bond donors (Lipinski definition) is 2. The van der Waals surface area contributed by atoms with Gasteiger partial charge >= 0.3 is 6.18 Å². The highest BCUT2D eigenvalue weighted by Crippen LogP contribution is 2.24. The fourth-order valence-electron chi connectivity index (χ4n) is 3.40. The number of nitrogens with zero attached hydrogens (tertiary/aromatic N) is 1. The molecule has 8 heteroatoms. The number of likely N-dealkylation sites (tertiary alicyclic amines) is 1. The van der Waals surface area contributed by atoms with Gasteiger partial charge in [0.2, 0.25) is 5.91 Å². The fraction of sp³-hybridized carbons (Fsp3) is 0.333. The first-order valence-corrected chi connectivity index (χ1v) is 9.36. The lowest BCUT2D eigenvalue weighted by Gasteiger charge is -2.24. The predicted molar refractivity (Wildman–Crippen MR) is 103 cm³/mol. The number of alkyl halides is 3. The Labute approximate surface area is 166 Å².